The quantitative estimate of drug-likeness (QED) is 0.514. The van der Waals surface area contributed by atoms with Gasteiger partial charge in [-0.15, -0.1) is 11.6 Å². The van der Waals surface area contributed by atoms with E-state index in [0.717, 1.165) is 16.7 Å². The molecule has 0 fully saturated rings. The zero-order chi connectivity index (χ0) is 22.1. The van der Waals surface area contributed by atoms with Crippen LogP contribution in [0.3, 0.4) is 0 Å². The van der Waals surface area contributed by atoms with Gasteiger partial charge in [-0.25, -0.2) is 4.79 Å². The van der Waals surface area contributed by atoms with E-state index >= 15 is 0 Å². The minimum atomic E-state index is -0.850. The third-order valence-corrected chi connectivity index (χ3v) is 5.78. The third kappa shape index (κ3) is 3.61. The first-order chi connectivity index (χ1) is 15.0. The summed E-state index contributed by atoms with van der Waals surface area (Å²) in [6.45, 7) is 0.125. The molecule has 2 aliphatic rings. The first-order valence-corrected chi connectivity index (χ1v) is 10.1. The number of hydrogen-bond donors (Lipinski definition) is 0. The molecule has 164 valence electrons. The molecule has 0 saturated carbocycles. The predicted molar refractivity (Wildman–Crippen MR) is 111 cm³/mol. The number of nitrogens with zero attached hydrogens (tertiary/aromatic N) is 1. The van der Waals surface area contributed by atoms with Crippen molar-refractivity contribution in [1.82, 2.24) is 4.90 Å². The Labute approximate surface area is 184 Å². The normalized spacial score (nSPS) is 18.9. The highest BCUT2D eigenvalue weighted by atomic mass is 35.5. The topological polar surface area (TPSA) is 83.5 Å². The highest BCUT2D eigenvalue weighted by Crippen LogP contribution is 2.45. The van der Waals surface area contributed by atoms with E-state index in [1.54, 1.807) is 20.3 Å². The molecule has 0 spiro atoms. The van der Waals surface area contributed by atoms with E-state index < -0.39 is 18.1 Å². The Hall–Kier alpha value is -3.13. The Balaban J connectivity index is 1.94. The lowest BCUT2D eigenvalue weighted by Crippen LogP contribution is -2.52. The van der Waals surface area contributed by atoms with E-state index in [1.807, 2.05) is 24.3 Å². The maximum atomic E-state index is 13.0. The molecular formula is C22H22ClNO7. The lowest BCUT2D eigenvalue weighted by Gasteiger charge is -2.42. The van der Waals surface area contributed by atoms with Crippen molar-refractivity contribution in [3.63, 3.8) is 0 Å². The maximum absolute atomic E-state index is 13.0. The van der Waals surface area contributed by atoms with Gasteiger partial charge in [0.15, 0.2) is 23.0 Å². The van der Waals surface area contributed by atoms with E-state index in [2.05, 4.69) is 0 Å². The van der Waals surface area contributed by atoms with Crippen molar-refractivity contribution < 1.29 is 33.3 Å². The summed E-state index contributed by atoms with van der Waals surface area (Å²) < 4.78 is 26.9. The Morgan fingerprint density at radius 3 is 2.45 bits per heavy atom. The average Bonchev–Trinajstić information content (AvgIpc) is 3.28. The van der Waals surface area contributed by atoms with Crippen LogP contribution in [0.4, 0.5) is 0 Å². The van der Waals surface area contributed by atoms with Crippen LogP contribution >= 0.6 is 11.6 Å². The molecule has 2 aliphatic heterocycles. The molecule has 0 aromatic heterocycles. The van der Waals surface area contributed by atoms with Gasteiger partial charge in [0.05, 0.1) is 27.4 Å². The number of methoxy groups -OCH3 is 3. The van der Waals surface area contributed by atoms with Crippen LogP contribution in [0.15, 0.2) is 30.3 Å². The van der Waals surface area contributed by atoms with Crippen LogP contribution in [0.1, 0.15) is 22.7 Å². The van der Waals surface area contributed by atoms with Crippen LogP contribution in [0.25, 0.3) is 0 Å². The predicted octanol–water partition coefficient (Wildman–Crippen LogP) is 2.69. The van der Waals surface area contributed by atoms with Gasteiger partial charge in [0.1, 0.15) is 11.9 Å². The van der Waals surface area contributed by atoms with Crippen LogP contribution in [0, 0.1) is 0 Å². The summed E-state index contributed by atoms with van der Waals surface area (Å²) in [7, 11) is 4.39. The number of benzene rings is 2. The van der Waals surface area contributed by atoms with Gasteiger partial charge >= 0.3 is 5.97 Å². The maximum Gasteiger partial charge on any atom is 0.328 e. The van der Waals surface area contributed by atoms with Gasteiger partial charge < -0.3 is 28.6 Å². The van der Waals surface area contributed by atoms with Gasteiger partial charge in [-0.3, -0.25) is 4.79 Å². The van der Waals surface area contributed by atoms with Gasteiger partial charge in [0.2, 0.25) is 12.7 Å². The zero-order valence-corrected chi connectivity index (χ0v) is 18.1. The molecule has 2 aromatic rings. The van der Waals surface area contributed by atoms with Crippen molar-refractivity contribution in [2.45, 2.75) is 18.5 Å². The van der Waals surface area contributed by atoms with Crippen LogP contribution in [-0.2, 0) is 20.7 Å². The van der Waals surface area contributed by atoms with Gasteiger partial charge in [-0.1, -0.05) is 6.07 Å². The molecule has 0 aliphatic carbocycles. The molecular weight excluding hydrogens is 426 g/mol. The molecule has 0 bridgehead atoms. The van der Waals surface area contributed by atoms with Gasteiger partial charge in [-0.2, -0.15) is 0 Å². The van der Waals surface area contributed by atoms with Crippen LogP contribution in [-0.4, -0.2) is 56.8 Å². The molecule has 0 saturated heterocycles. The van der Waals surface area contributed by atoms with E-state index in [4.69, 9.17) is 35.3 Å². The summed E-state index contributed by atoms with van der Waals surface area (Å²) in [5.74, 6) is 1.04. The Kier molecular flexibility index (Phi) is 5.82. The fourth-order valence-electron chi connectivity index (χ4n) is 4.15. The van der Waals surface area contributed by atoms with E-state index in [0.29, 0.717) is 23.0 Å². The van der Waals surface area contributed by atoms with Gasteiger partial charge in [-0.05, 0) is 41.0 Å². The summed E-state index contributed by atoms with van der Waals surface area (Å²) in [6, 6.07) is 7.61. The SMILES string of the molecule is COC(=O)[C@@H]1Cc2cc(OC)c(OC)cc2C(c2ccc3c(c2)OCO3)N1C(=O)CCl. The number of esters is 1. The van der Waals surface area contributed by atoms with Crippen molar-refractivity contribution in [3.05, 3.63) is 47.0 Å². The molecule has 31 heavy (non-hydrogen) atoms. The third-order valence-electron chi connectivity index (χ3n) is 5.56. The number of alkyl halides is 1. The minimum absolute atomic E-state index is 0.125. The lowest BCUT2D eigenvalue weighted by molar-refractivity contribution is -0.154. The number of carbonyl (C=O) groups is 2. The summed E-state index contributed by atoms with van der Waals surface area (Å²) >= 11 is 5.95. The number of carbonyl (C=O) groups excluding carboxylic acids is 2. The number of hydrogen-bond acceptors (Lipinski definition) is 7. The van der Waals surface area contributed by atoms with E-state index in [9.17, 15) is 9.59 Å². The largest absolute Gasteiger partial charge is 0.493 e. The first-order valence-electron chi connectivity index (χ1n) is 9.61. The smallest absolute Gasteiger partial charge is 0.328 e. The fraction of sp³-hybridized carbons (Fsp3) is 0.364. The Morgan fingerprint density at radius 1 is 1.06 bits per heavy atom. The second-order valence-corrected chi connectivity index (χ2v) is 7.37. The monoisotopic (exact) mass is 447 g/mol. The molecule has 0 N–H and O–H groups in total. The highest BCUT2D eigenvalue weighted by Gasteiger charge is 2.43. The average molecular weight is 448 g/mol. The number of halogens is 1. The molecule has 2 aromatic carbocycles. The van der Waals surface area contributed by atoms with Crippen LogP contribution < -0.4 is 18.9 Å². The van der Waals surface area contributed by atoms with E-state index in [1.165, 1.54) is 12.0 Å². The minimum Gasteiger partial charge on any atom is -0.493 e. The molecule has 9 heteroatoms. The molecule has 2 heterocycles. The number of ether oxygens (including phenoxy) is 5. The summed E-state index contributed by atoms with van der Waals surface area (Å²) in [4.78, 5) is 27.1. The molecule has 1 amide bonds. The molecule has 1 unspecified atom stereocenters. The molecule has 2 atom stereocenters. The lowest BCUT2D eigenvalue weighted by atomic mass is 9.84. The standard InChI is InChI=1S/C22H22ClNO7/c1-27-17-8-13-6-15(22(26)29-3)24(20(25)10-23)21(14(13)9-18(17)28-2)12-4-5-16-19(7-12)31-11-30-16/h4-5,7-9,15,21H,6,10-11H2,1-3H3/t15-,21?/m0/s1. The Morgan fingerprint density at radius 2 is 1.77 bits per heavy atom. The summed E-state index contributed by atoms with van der Waals surface area (Å²) in [5, 5.41) is 0. The van der Waals surface area contributed by atoms with Gasteiger partial charge in [0, 0.05) is 6.42 Å². The van der Waals surface area contributed by atoms with Crippen molar-refractivity contribution in [2.75, 3.05) is 34.0 Å². The van der Waals surface area contributed by atoms with Crippen LogP contribution in [0.2, 0.25) is 0 Å². The van der Waals surface area contributed by atoms with Crippen molar-refractivity contribution >= 4 is 23.5 Å². The van der Waals surface area contributed by atoms with Crippen molar-refractivity contribution in [3.8, 4) is 23.0 Å². The van der Waals surface area contributed by atoms with Crippen LogP contribution in [0.5, 0.6) is 23.0 Å². The fourth-order valence-corrected chi connectivity index (χ4v) is 4.29. The highest BCUT2D eigenvalue weighted by molar-refractivity contribution is 6.27. The molecule has 4 rings (SSSR count). The summed E-state index contributed by atoms with van der Waals surface area (Å²) in [6.07, 6.45) is 0.256. The second kappa shape index (κ2) is 8.55. The zero-order valence-electron chi connectivity index (χ0n) is 17.3. The van der Waals surface area contributed by atoms with Crippen molar-refractivity contribution in [2.24, 2.45) is 0 Å². The first kappa shape index (κ1) is 21.1. The van der Waals surface area contributed by atoms with Crippen molar-refractivity contribution in [1.29, 1.82) is 0 Å². The molecule has 8 nitrogen and oxygen atoms in total. The number of fused-ring (bicyclic) bond motifs is 2. The molecule has 0 radical (unpaired) electrons. The van der Waals surface area contributed by atoms with Gasteiger partial charge in [0.25, 0.3) is 0 Å². The number of amides is 1. The Bertz CT molecular complexity index is 1030. The number of rotatable bonds is 5. The van der Waals surface area contributed by atoms with E-state index in [-0.39, 0.29) is 25.0 Å². The summed E-state index contributed by atoms with van der Waals surface area (Å²) in [5.41, 5.74) is 2.38. The second-order valence-electron chi connectivity index (χ2n) is 7.10.